The zero-order valence-corrected chi connectivity index (χ0v) is 55.1. The number of fused-ring (bicyclic) bond motifs is 10. The Labute approximate surface area is 508 Å². The molecule has 0 N–H and O–H groups in total. The normalized spacial score (nSPS) is 14.0. The second-order valence-corrected chi connectivity index (χ2v) is 27.6. The fourth-order valence-electron chi connectivity index (χ4n) is 15.4. The van der Waals surface area contributed by atoms with Crippen molar-refractivity contribution in [3.05, 3.63) is 57.1 Å². The second-order valence-electron chi connectivity index (χ2n) is 26.6. The van der Waals surface area contributed by atoms with E-state index in [-0.39, 0.29) is 11.6 Å². The van der Waals surface area contributed by atoms with Crippen LogP contribution in [0.5, 0.6) is 0 Å². The number of nitrogens with zero attached hydrogens (tertiary/aromatic N) is 4. The summed E-state index contributed by atoms with van der Waals surface area (Å²) in [6, 6.07) is 4.65. The van der Waals surface area contributed by atoms with Crippen LogP contribution >= 0.6 is 23.5 Å². The van der Waals surface area contributed by atoms with Gasteiger partial charge in [0.25, 0.3) is 0 Å². The van der Waals surface area contributed by atoms with Crippen molar-refractivity contribution < 1.29 is 8.78 Å². The van der Waals surface area contributed by atoms with Crippen molar-refractivity contribution in [3.63, 3.8) is 0 Å². The zero-order valence-electron chi connectivity index (χ0n) is 53.5. The first-order valence-electron chi connectivity index (χ1n) is 35.4. The highest BCUT2D eigenvalue weighted by atomic mass is 32.1. The van der Waals surface area contributed by atoms with Gasteiger partial charge in [0.05, 0.1) is 23.5 Å². The van der Waals surface area contributed by atoms with Gasteiger partial charge >= 0.3 is 0 Å². The van der Waals surface area contributed by atoms with Gasteiger partial charge < -0.3 is 0 Å². The molecular weight excluding hydrogens is 1050 g/mol. The Kier molecular flexibility index (Phi) is 29.6. The van der Waals surface area contributed by atoms with Crippen molar-refractivity contribution in [3.8, 4) is 22.3 Å². The van der Waals surface area contributed by atoms with Crippen LogP contribution in [0.1, 0.15) is 369 Å². The molecule has 0 aliphatic heterocycles. The summed E-state index contributed by atoms with van der Waals surface area (Å²) in [5.41, 5.74) is 10.3. The van der Waals surface area contributed by atoms with Crippen molar-refractivity contribution in [2.45, 2.75) is 361 Å². The number of unbranched alkanes of at least 4 members (excludes halogenated alkanes) is 40. The fraction of sp³-hybridized carbons (Fsp3) is 0.757. The van der Waals surface area contributed by atoms with Crippen LogP contribution in [0.25, 0.3) is 44.3 Å². The van der Waals surface area contributed by atoms with Gasteiger partial charge in [0.2, 0.25) is 0 Å². The Morgan fingerprint density at radius 1 is 0.293 bits per heavy atom. The van der Waals surface area contributed by atoms with Crippen LogP contribution in [-0.4, -0.2) is 17.5 Å². The molecule has 8 heteroatoms. The molecule has 5 aromatic rings. The maximum atomic E-state index is 19.8. The molecule has 7 rings (SSSR count). The Balaban J connectivity index is 1.27. The Morgan fingerprint density at radius 3 is 0.732 bits per heavy atom. The lowest BCUT2D eigenvalue weighted by molar-refractivity contribution is 0.374. The smallest absolute Gasteiger partial charge is 0.136 e. The molecule has 0 saturated carbocycles. The Hall–Kier alpha value is -2.84. The highest BCUT2D eigenvalue weighted by Gasteiger charge is 2.54. The van der Waals surface area contributed by atoms with Crippen molar-refractivity contribution in [1.29, 1.82) is 0 Å². The lowest BCUT2D eigenvalue weighted by atomic mass is 9.68. The van der Waals surface area contributed by atoms with Crippen LogP contribution in [0.2, 0.25) is 0 Å². The molecule has 0 saturated heterocycles. The molecular formula is C74H116F2N4S2. The molecule has 0 atom stereocenters. The van der Waals surface area contributed by atoms with Crippen LogP contribution < -0.4 is 0 Å². The lowest BCUT2D eigenvalue weighted by Crippen LogP contribution is -2.29. The number of aryl methyl sites for hydroxylation is 2. The molecule has 0 fully saturated rings. The fourth-order valence-corrected chi connectivity index (χ4v) is 16.7. The standard InChI is InChI=1S/C74H116F2N4S2/c1-7-11-15-19-23-27-31-35-39-43-47-51-73(52-48-44-40-36-32-28-24-20-16-12-8-2)59-55-57(5)69-71(79-81-77-69)61(59)63-65(73)67(75)64-62-60(56-58(6)70-72(62)80-82-78-70)74(66(64)68(63)76,53-49-45-41-37-33-29-25-21-17-13-9-3)54-50-46-42-38-34-30-26-22-18-14-10-4/h55-56H,7-54H2,1-6H3. The zero-order chi connectivity index (χ0) is 57.8. The number of hydrogen-bond acceptors (Lipinski definition) is 6. The average molecular weight is 1160 g/mol. The molecule has 2 heterocycles. The molecule has 0 radical (unpaired) electrons. The van der Waals surface area contributed by atoms with Crippen LogP contribution in [0.3, 0.4) is 0 Å². The van der Waals surface area contributed by atoms with Gasteiger partial charge in [0, 0.05) is 44.2 Å². The molecule has 0 bridgehead atoms. The number of rotatable bonds is 48. The number of aromatic nitrogens is 4. The van der Waals surface area contributed by atoms with Gasteiger partial charge in [-0.1, -0.05) is 322 Å². The van der Waals surface area contributed by atoms with Crippen LogP contribution in [0.15, 0.2) is 12.1 Å². The van der Waals surface area contributed by atoms with Gasteiger partial charge in [-0.15, -0.1) is 0 Å². The third-order valence-electron chi connectivity index (χ3n) is 20.2. The number of halogens is 2. The van der Waals surface area contributed by atoms with E-state index in [4.69, 9.17) is 17.5 Å². The van der Waals surface area contributed by atoms with Crippen LogP contribution in [0, 0.1) is 25.5 Å². The van der Waals surface area contributed by atoms with Crippen molar-refractivity contribution in [2.24, 2.45) is 0 Å². The highest BCUT2D eigenvalue weighted by Crippen LogP contribution is 2.65. The second kappa shape index (κ2) is 36.3. The summed E-state index contributed by atoms with van der Waals surface area (Å²) in [5, 5.41) is 0. The lowest BCUT2D eigenvalue weighted by Gasteiger charge is -2.35. The van der Waals surface area contributed by atoms with E-state index in [0.717, 1.165) is 132 Å². The monoisotopic (exact) mass is 1160 g/mol. The average Bonchev–Trinajstić information content (AvgIpc) is 2.37. The van der Waals surface area contributed by atoms with E-state index in [2.05, 4.69) is 53.7 Å². The minimum Gasteiger partial charge on any atom is -0.206 e. The summed E-state index contributed by atoms with van der Waals surface area (Å²) in [4.78, 5) is 0. The van der Waals surface area contributed by atoms with E-state index < -0.39 is 10.8 Å². The molecule has 2 aromatic heterocycles. The SMILES string of the molecule is CCCCCCCCCCCCCC1(CCCCCCCCCCCCC)c2cc(C)c3nsnc3c2-c2c(F)c3c(c(F)c21)-c1c(cc(C)c2nsnc12)C3(CCCCCCCCCCCCC)CCCCCCCCCCCCC. The van der Waals surface area contributed by atoms with Crippen LogP contribution in [0.4, 0.5) is 8.78 Å². The van der Waals surface area contributed by atoms with Gasteiger partial charge in [-0.05, 0) is 61.8 Å². The summed E-state index contributed by atoms with van der Waals surface area (Å²) in [6.45, 7) is 13.5. The minimum absolute atomic E-state index is 0.179. The highest BCUT2D eigenvalue weighted by molar-refractivity contribution is 7.00. The van der Waals surface area contributed by atoms with E-state index in [1.54, 1.807) is 0 Å². The first-order valence-corrected chi connectivity index (χ1v) is 36.9. The molecule has 0 unspecified atom stereocenters. The van der Waals surface area contributed by atoms with Gasteiger partial charge in [0.15, 0.2) is 0 Å². The van der Waals surface area contributed by atoms with Gasteiger partial charge in [0.1, 0.15) is 33.7 Å². The van der Waals surface area contributed by atoms with E-state index >= 15 is 8.78 Å². The predicted octanol–water partition coefficient (Wildman–Crippen LogP) is 25.9. The quantitative estimate of drug-likeness (QED) is 0.0364. The summed E-state index contributed by atoms with van der Waals surface area (Å²) in [5.74, 6) is -0.358. The maximum absolute atomic E-state index is 19.8. The van der Waals surface area contributed by atoms with E-state index in [0.29, 0.717) is 22.3 Å². The summed E-state index contributed by atoms with van der Waals surface area (Å²) >= 11 is 2.46. The van der Waals surface area contributed by atoms with Crippen LogP contribution in [-0.2, 0) is 10.8 Å². The van der Waals surface area contributed by atoms with Gasteiger partial charge in [-0.25, -0.2) is 8.78 Å². The first-order chi connectivity index (χ1) is 40.3. The third-order valence-corrected chi connectivity index (χ3v) is 21.2. The van der Waals surface area contributed by atoms with E-state index in [9.17, 15) is 0 Å². The predicted molar refractivity (Wildman–Crippen MR) is 355 cm³/mol. The van der Waals surface area contributed by atoms with E-state index in [1.165, 1.54) is 255 Å². The number of benzene rings is 3. The van der Waals surface area contributed by atoms with Crippen molar-refractivity contribution in [2.75, 3.05) is 0 Å². The summed E-state index contributed by atoms with van der Waals surface area (Å²) < 4.78 is 59.6. The molecule has 458 valence electrons. The van der Waals surface area contributed by atoms with Gasteiger partial charge in [-0.3, -0.25) is 0 Å². The summed E-state index contributed by atoms with van der Waals surface area (Å²) in [7, 11) is 0. The van der Waals surface area contributed by atoms with Crippen molar-refractivity contribution in [1.82, 2.24) is 17.5 Å². The molecule has 2 aliphatic carbocycles. The Morgan fingerprint density at radius 2 is 0.500 bits per heavy atom. The Bertz CT molecular complexity index is 2380. The molecule has 0 spiro atoms. The van der Waals surface area contributed by atoms with Crippen molar-refractivity contribution >= 4 is 45.5 Å². The molecule has 4 nitrogen and oxygen atoms in total. The summed E-state index contributed by atoms with van der Waals surface area (Å²) in [6.07, 6.45) is 58.8. The third kappa shape index (κ3) is 17.2. The topological polar surface area (TPSA) is 51.6 Å². The largest absolute Gasteiger partial charge is 0.206 e. The number of hydrogen-bond donors (Lipinski definition) is 0. The van der Waals surface area contributed by atoms with E-state index in [1.807, 2.05) is 0 Å². The molecule has 2 aliphatic rings. The first kappa shape index (κ1) is 66.7. The maximum Gasteiger partial charge on any atom is 0.136 e. The van der Waals surface area contributed by atoms with Gasteiger partial charge in [-0.2, -0.15) is 17.5 Å². The molecule has 0 amide bonds. The molecule has 3 aromatic carbocycles. The minimum atomic E-state index is -0.673. The molecule has 82 heavy (non-hydrogen) atoms.